The zero-order valence-electron chi connectivity index (χ0n) is 14.2. The first-order valence-electron chi connectivity index (χ1n) is 7.78. The Morgan fingerprint density at radius 1 is 1.26 bits per heavy atom. The minimum Gasteiger partial charge on any atom is -0.389 e. The van der Waals surface area contributed by atoms with Gasteiger partial charge in [0.05, 0.1) is 19.3 Å². The number of aromatic nitrogens is 2. The van der Waals surface area contributed by atoms with Gasteiger partial charge in [0.1, 0.15) is 0 Å². The fourth-order valence-corrected chi connectivity index (χ4v) is 2.35. The normalized spacial score (nSPS) is 13.0. The molecule has 0 saturated carbocycles. The molecule has 1 aromatic carbocycles. The van der Waals surface area contributed by atoms with Crippen molar-refractivity contribution in [3.8, 4) is 11.4 Å². The van der Waals surface area contributed by atoms with Crippen LogP contribution in [0.4, 0.5) is 0 Å². The minimum atomic E-state index is -0.532. The predicted molar refractivity (Wildman–Crippen MR) is 88.0 cm³/mol. The maximum atomic E-state index is 9.72. The maximum Gasteiger partial charge on any atom is 0.241 e. The molecule has 1 atom stereocenters. The highest BCUT2D eigenvalue weighted by Crippen LogP contribution is 2.20. The number of likely N-dealkylation sites (N-methyl/N-ethyl adjacent to an activating group) is 1. The van der Waals surface area contributed by atoms with Crippen molar-refractivity contribution in [1.82, 2.24) is 15.0 Å². The highest BCUT2D eigenvalue weighted by Gasteiger charge is 2.13. The molecule has 1 aromatic heterocycles. The van der Waals surface area contributed by atoms with E-state index in [9.17, 15) is 5.11 Å². The van der Waals surface area contributed by atoms with Crippen molar-refractivity contribution in [2.75, 3.05) is 27.3 Å². The predicted octanol–water partition coefficient (Wildman–Crippen LogP) is 2.30. The zero-order chi connectivity index (χ0) is 16.8. The summed E-state index contributed by atoms with van der Waals surface area (Å²) in [5.41, 5.74) is 2.22. The lowest BCUT2D eigenvalue weighted by molar-refractivity contribution is 0.0400. The van der Waals surface area contributed by atoms with E-state index >= 15 is 0 Å². The number of ether oxygens (including phenoxy) is 1. The molecule has 0 aliphatic heterocycles. The Morgan fingerprint density at radius 3 is 2.57 bits per heavy atom. The number of nitrogens with zero attached hydrogens (tertiary/aromatic N) is 3. The van der Waals surface area contributed by atoms with Gasteiger partial charge in [-0.25, -0.2) is 0 Å². The first-order valence-corrected chi connectivity index (χ1v) is 7.78. The summed E-state index contributed by atoms with van der Waals surface area (Å²) in [6.45, 7) is 5.60. The van der Waals surface area contributed by atoms with Gasteiger partial charge in [-0.2, -0.15) is 4.98 Å². The molecular weight excluding hydrogens is 294 g/mol. The van der Waals surface area contributed by atoms with Gasteiger partial charge in [-0.3, -0.25) is 4.90 Å². The molecule has 0 fully saturated rings. The van der Waals surface area contributed by atoms with Crippen molar-refractivity contribution in [3.63, 3.8) is 0 Å². The van der Waals surface area contributed by atoms with Gasteiger partial charge >= 0.3 is 0 Å². The highest BCUT2D eigenvalue weighted by molar-refractivity contribution is 5.54. The Bertz CT molecular complexity index is 595. The fraction of sp³-hybridized carbons (Fsp3) is 0.529. The number of hydrogen-bond acceptors (Lipinski definition) is 6. The second kappa shape index (κ2) is 8.19. The molecule has 0 aliphatic rings. The molecule has 0 aliphatic carbocycles. The van der Waals surface area contributed by atoms with Crippen LogP contribution < -0.4 is 0 Å². The average molecular weight is 319 g/mol. The van der Waals surface area contributed by atoms with Crippen molar-refractivity contribution in [2.24, 2.45) is 0 Å². The van der Waals surface area contributed by atoms with Crippen molar-refractivity contribution in [3.05, 3.63) is 35.7 Å². The van der Waals surface area contributed by atoms with Crippen LogP contribution in [0, 0.1) is 0 Å². The van der Waals surface area contributed by atoms with E-state index < -0.39 is 6.10 Å². The van der Waals surface area contributed by atoms with Gasteiger partial charge in [0.15, 0.2) is 0 Å². The molecular formula is C17H25N3O3. The van der Waals surface area contributed by atoms with E-state index in [1.807, 2.05) is 24.1 Å². The Balaban J connectivity index is 1.97. The molecule has 126 valence electrons. The van der Waals surface area contributed by atoms with Gasteiger partial charge in [0, 0.05) is 19.2 Å². The molecule has 0 spiro atoms. The second-order valence-corrected chi connectivity index (χ2v) is 6.09. The number of rotatable bonds is 8. The van der Waals surface area contributed by atoms with E-state index in [2.05, 4.69) is 36.1 Å². The van der Waals surface area contributed by atoms with Gasteiger partial charge in [-0.1, -0.05) is 43.3 Å². The third-order valence-electron chi connectivity index (χ3n) is 3.59. The van der Waals surface area contributed by atoms with E-state index in [-0.39, 0.29) is 0 Å². The van der Waals surface area contributed by atoms with Crippen LogP contribution in [-0.2, 0) is 11.3 Å². The Kier molecular flexibility index (Phi) is 6.27. The van der Waals surface area contributed by atoms with E-state index in [4.69, 9.17) is 9.26 Å². The van der Waals surface area contributed by atoms with Gasteiger partial charge in [-0.15, -0.1) is 0 Å². The van der Waals surface area contributed by atoms with Crippen LogP contribution >= 0.6 is 0 Å². The molecule has 0 saturated heterocycles. The molecule has 1 unspecified atom stereocenters. The van der Waals surface area contributed by atoms with E-state index in [0.717, 1.165) is 5.56 Å². The molecule has 1 heterocycles. The molecule has 1 N–H and O–H groups in total. The summed E-state index contributed by atoms with van der Waals surface area (Å²) in [5, 5.41) is 13.7. The van der Waals surface area contributed by atoms with Gasteiger partial charge in [0.2, 0.25) is 11.7 Å². The van der Waals surface area contributed by atoms with Crippen LogP contribution in [0.2, 0.25) is 0 Å². The summed E-state index contributed by atoms with van der Waals surface area (Å²) >= 11 is 0. The van der Waals surface area contributed by atoms with Crippen molar-refractivity contribution in [1.29, 1.82) is 0 Å². The van der Waals surface area contributed by atoms with Gasteiger partial charge in [-0.05, 0) is 18.5 Å². The summed E-state index contributed by atoms with van der Waals surface area (Å²) in [6, 6.07) is 8.19. The van der Waals surface area contributed by atoms with Crippen LogP contribution in [0.3, 0.4) is 0 Å². The second-order valence-electron chi connectivity index (χ2n) is 6.09. The first-order chi connectivity index (χ1) is 11.0. The van der Waals surface area contributed by atoms with Crippen molar-refractivity contribution >= 4 is 0 Å². The van der Waals surface area contributed by atoms with Crippen LogP contribution in [0.1, 0.15) is 31.2 Å². The molecule has 0 amide bonds. The molecule has 6 heteroatoms. The third-order valence-corrected chi connectivity index (χ3v) is 3.59. The molecule has 6 nitrogen and oxygen atoms in total. The van der Waals surface area contributed by atoms with Crippen LogP contribution in [0.5, 0.6) is 0 Å². The monoisotopic (exact) mass is 319 g/mol. The molecule has 23 heavy (non-hydrogen) atoms. The Hall–Kier alpha value is -1.76. The Labute approximate surface area is 137 Å². The molecule has 2 aromatic rings. The number of aliphatic hydroxyl groups excluding tert-OH is 1. The number of benzene rings is 1. The van der Waals surface area contributed by atoms with Crippen LogP contribution in [0.15, 0.2) is 28.8 Å². The highest BCUT2D eigenvalue weighted by atomic mass is 16.5. The zero-order valence-corrected chi connectivity index (χ0v) is 14.2. The van der Waals surface area contributed by atoms with E-state index in [1.165, 1.54) is 5.56 Å². The largest absolute Gasteiger partial charge is 0.389 e. The van der Waals surface area contributed by atoms with E-state index in [0.29, 0.717) is 37.3 Å². The summed E-state index contributed by atoms with van der Waals surface area (Å²) in [6.07, 6.45) is -0.532. The Morgan fingerprint density at radius 2 is 1.96 bits per heavy atom. The van der Waals surface area contributed by atoms with Crippen molar-refractivity contribution in [2.45, 2.75) is 32.4 Å². The summed E-state index contributed by atoms with van der Waals surface area (Å²) in [5.74, 6) is 1.61. The summed E-state index contributed by atoms with van der Waals surface area (Å²) in [7, 11) is 3.46. The minimum absolute atomic E-state index is 0.307. The third kappa shape index (κ3) is 5.13. The quantitative estimate of drug-likeness (QED) is 0.805. The lowest BCUT2D eigenvalue weighted by Crippen LogP contribution is -2.31. The summed E-state index contributed by atoms with van der Waals surface area (Å²) < 4.78 is 10.2. The smallest absolute Gasteiger partial charge is 0.241 e. The lowest BCUT2D eigenvalue weighted by atomic mass is 10.0. The maximum absolute atomic E-state index is 9.72. The topological polar surface area (TPSA) is 71.6 Å². The average Bonchev–Trinajstić information content (AvgIpc) is 2.95. The molecule has 0 bridgehead atoms. The molecule has 2 rings (SSSR count). The van der Waals surface area contributed by atoms with Gasteiger partial charge < -0.3 is 14.4 Å². The first kappa shape index (κ1) is 17.6. The SMILES string of the molecule is COCC(O)CN(C)Cc1nc(-c2ccc(C(C)C)cc2)no1. The number of methoxy groups -OCH3 is 1. The molecule has 0 radical (unpaired) electrons. The number of aliphatic hydroxyl groups is 1. The van der Waals surface area contributed by atoms with Crippen molar-refractivity contribution < 1.29 is 14.4 Å². The van der Waals surface area contributed by atoms with Gasteiger partial charge in [0.25, 0.3) is 0 Å². The fourth-order valence-electron chi connectivity index (χ4n) is 2.35. The van der Waals surface area contributed by atoms with Crippen LogP contribution in [-0.4, -0.2) is 53.6 Å². The van der Waals surface area contributed by atoms with E-state index in [1.54, 1.807) is 7.11 Å². The van der Waals surface area contributed by atoms with Crippen LogP contribution in [0.25, 0.3) is 11.4 Å². The lowest BCUT2D eigenvalue weighted by Gasteiger charge is -2.17. The standard InChI is InChI=1S/C17H25N3O3/c1-12(2)13-5-7-14(8-6-13)17-18-16(23-19-17)10-20(3)9-15(21)11-22-4/h5-8,12,15,21H,9-11H2,1-4H3. The summed E-state index contributed by atoms with van der Waals surface area (Å²) in [4.78, 5) is 6.34. The number of hydrogen-bond donors (Lipinski definition) is 1.